The molecule has 0 aliphatic rings. The summed E-state index contributed by atoms with van der Waals surface area (Å²) in [6.45, 7) is 4.61. The van der Waals surface area contributed by atoms with E-state index in [9.17, 15) is 9.59 Å². The zero-order valence-corrected chi connectivity index (χ0v) is 17.5. The molecule has 2 aromatic rings. The third kappa shape index (κ3) is 6.60. The zero-order chi connectivity index (χ0) is 20.4. The first-order valence-electron chi connectivity index (χ1n) is 9.37. The van der Waals surface area contributed by atoms with E-state index in [1.807, 2.05) is 61.5 Å². The molecule has 150 valence electrons. The van der Waals surface area contributed by atoms with Crippen molar-refractivity contribution in [2.24, 2.45) is 0 Å². The molecule has 6 heteroatoms. The zero-order valence-electron chi connectivity index (χ0n) is 16.7. The van der Waals surface area contributed by atoms with Crippen molar-refractivity contribution in [3.05, 3.63) is 65.7 Å². The number of benzene rings is 2. The summed E-state index contributed by atoms with van der Waals surface area (Å²) in [6, 6.07) is 17.0. The molecule has 1 unspecified atom stereocenters. The third-order valence-corrected chi connectivity index (χ3v) is 5.36. The van der Waals surface area contributed by atoms with E-state index in [2.05, 4.69) is 5.32 Å². The highest BCUT2D eigenvalue weighted by Gasteiger charge is 2.25. The van der Waals surface area contributed by atoms with Crippen molar-refractivity contribution in [3.63, 3.8) is 0 Å². The molecule has 28 heavy (non-hydrogen) atoms. The number of hydrogen-bond acceptors (Lipinski definition) is 4. The number of likely N-dealkylation sites (N-methyl/N-ethyl adjacent to an activating group) is 1. The van der Waals surface area contributed by atoms with Crippen molar-refractivity contribution in [2.45, 2.75) is 32.2 Å². The molecular formula is C22H28N2O3S. The van der Waals surface area contributed by atoms with Crippen LogP contribution in [0.5, 0.6) is 5.75 Å². The summed E-state index contributed by atoms with van der Waals surface area (Å²) in [5, 5.41) is 2.81. The summed E-state index contributed by atoms with van der Waals surface area (Å²) < 4.78 is 5.16. The first-order valence-corrected chi connectivity index (χ1v) is 10.5. The Morgan fingerprint density at radius 1 is 1.07 bits per heavy atom. The standard InChI is InChI=1S/C22H28N2O3S/c1-4-23-22(26)17(2)24(14-18-8-6-5-7-9-18)21(25)16-28-15-19-10-12-20(27-3)13-11-19/h5-13,17H,4,14-16H2,1-3H3,(H,23,26). The maximum atomic E-state index is 12.9. The van der Waals surface area contributed by atoms with E-state index in [4.69, 9.17) is 4.74 Å². The smallest absolute Gasteiger partial charge is 0.242 e. The first kappa shape index (κ1) is 21.8. The largest absolute Gasteiger partial charge is 0.497 e. The Balaban J connectivity index is 1.99. The third-order valence-electron chi connectivity index (χ3n) is 4.37. The van der Waals surface area contributed by atoms with Crippen molar-refractivity contribution in [1.29, 1.82) is 0 Å². The summed E-state index contributed by atoms with van der Waals surface area (Å²) in [4.78, 5) is 26.9. The van der Waals surface area contributed by atoms with Gasteiger partial charge in [0.05, 0.1) is 12.9 Å². The molecule has 1 N–H and O–H groups in total. The van der Waals surface area contributed by atoms with Crippen molar-refractivity contribution in [2.75, 3.05) is 19.4 Å². The monoisotopic (exact) mass is 400 g/mol. The van der Waals surface area contributed by atoms with Gasteiger partial charge in [-0.2, -0.15) is 0 Å². The molecule has 0 aromatic heterocycles. The van der Waals surface area contributed by atoms with Gasteiger partial charge >= 0.3 is 0 Å². The predicted octanol–water partition coefficient (Wildman–Crippen LogP) is 3.48. The van der Waals surface area contributed by atoms with E-state index >= 15 is 0 Å². The Morgan fingerprint density at radius 2 is 1.75 bits per heavy atom. The summed E-state index contributed by atoms with van der Waals surface area (Å²) in [5.74, 6) is 1.69. The lowest BCUT2D eigenvalue weighted by Crippen LogP contribution is -2.48. The second-order valence-corrected chi connectivity index (χ2v) is 7.40. The lowest BCUT2D eigenvalue weighted by atomic mass is 10.1. The van der Waals surface area contributed by atoms with Crippen molar-refractivity contribution < 1.29 is 14.3 Å². The van der Waals surface area contributed by atoms with Gasteiger partial charge in [-0.3, -0.25) is 9.59 Å². The van der Waals surface area contributed by atoms with Gasteiger partial charge in [0.25, 0.3) is 0 Å². The Kier molecular flexibility index (Phi) is 8.88. The molecule has 5 nitrogen and oxygen atoms in total. The summed E-state index contributed by atoms with van der Waals surface area (Å²) >= 11 is 1.55. The van der Waals surface area contributed by atoms with Crippen LogP contribution in [0.3, 0.4) is 0 Å². The van der Waals surface area contributed by atoms with Gasteiger partial charge in [-0.05, 0) is 37.1 Å². The van der Waals surface area contributed by atoms with E-state index in [0.717, 1.165) is 22.6 Å². The Hall–Kier alpha value is -2.47. The molecule has 0 saturated carbocycles. The lowest BCUT2D eigenvalue weighted by molar-refractivity contribution is -0.138. The highest BCUT2D eigenvalue weighted by atomic mass is 32.2. The van der Waals surface area contributed by atoms with Gasteiger partial charge in [0, 0.05) is 18.8 Å². The van der Waals surface area contributed by atoms with E-state index in [1.165, 1.54) is 0 Å². The number of thioether (sulfide) groups is 1. The van der Waals surface area contributed by atoms with Crippen LogP contribution in [0, 0.1) is 0 Å². The predicted molar refractivity (Wildman–Crippen MR) is 114 cm³/mol. The summed E-state index contributed by atoms with van der Waals surface area (Å²) in [7, 11) is 1.64. The highest BCUT2D eigenvalue weighted by Crippen LogP contribution is 2.18. The maximum absolute atomic E-state index is 12.9. The van der Waals surface area contributed by atoms with Gasteiger partial charge in [0.15, 0.2) is 0 Å². The van der Waals surface area contributed by atoms with Gasteiger partial charge in [0.2, 0.25) is 11.8 Å². The van der Waals surface area contributed by atoms with Crippen LogP contribution >= 0.6 is 11.8 Å². The van der Waals surface area contributed by atoms with Crippen LogP contribution in [0.25, 0.3) is 0 Å². The van der Waals surface area contributed by atoms with Crippen molar-refractivity contribution in [3.8, 4) is 5.75 Å². The normalized spacial score (nSPS) is 11.5. The average Bonchev–Trinajstić information content (AvgIpc) is 2.73. The number of carbonyl (C=O) groups is 2. The molecule has 1 atom stereocenters. The molecule has 0 spiro atoms. The van der Waals surface area contributed by atoms with Crippen LogP contribution < -0.4 is 10.1 Å². The number of carbonyl (C=O) groups excluding carboxylic acids is 2. The number of nitrogens with one attached hydrogen (secondary N) is 1. The lowest BCUT2D eigenvalue weighted by Gasteiger charge is -2.28. The van der Waals surface area contributed by atoms with E-state index in [-0.39, 0.29) is 11.8 Å². The van der Waals surface area contributed by atoms with E-state index in [0.29, 0.717) is 18.8 Å². The number of rotatable bonds is 10. The SMILES string of the molecule is CCNC(=O)C(C)N(Cc1ccccc1)C(=O)CSCc1ccc(OC)cc1. The van der Waals surface area contributed by atoms with Crippen molar-refractivity contribution in [1.82, 2.24) is 10.2 Å². The number of nitrogens with zero attached hydrogens (tertiary/aromatic N) is 1. The highest BCUT2D eigenvalue weighted by molar-refractivity contribution is 7.99. The van der Waals surface area contributed by atoms with Gasteiger partial charge in [-0.25, -0.2) is 0 Å². The Bertz CT molecular complexity index is 750. The molecule has 2 aromatic carbocycles. The molecule has 0 heterocycles. The second kappa shape index (κ2) is 11.4. The molecule has 0 saturated heterocycles. The van der Waals surface area contributed by atoms with Crippen LogP contribution in [0.4, 0.5) is 0 Å². The molecule has 0 aliphatic carbocycles. The molecular weight excluding hydrogens is 372 g/mol. The van der Waals surface area contributed by atoms with Crippen LogP contribution in [-0.4, -0.2) is 42.2 Å². The fourth-order valence-electron chi connectivity index (χ4n) is 2.75. The summed E-state index contributed by atoms with van der Waals surface area (Å²) in [5.41, 5.74) is 2.14. The van der Waals surface area contributed by atoms with E-state index < -0.39 is 6.04 Å². The Morgan fingerprint density at radius 3 is 2.36 bits per heavy atom. The van der Waals surface area contributed by atoms with Crippen LogP contribution in [0.15, 0.2) is 54.6 Å². The molecule has 2 amide bonds. The molecule has 0 fully saturated rings. The minimum atomic E-state index is -0.519. The average molecular weight is 401 g/mol. The molecule has 0 radical (unpaired) electrons. The molecule has 0 bridgehead atoms. The number of hydrogen-bond donors (Lipinski definition) is 1. The van der Waals surface area contributed by atoms with Crippen LogP contribution in [0.2, 0.25) is 0 Å². The minimum Gasteiger partial charge on any atom is -0.497 e. The number of ether oxygens (including phenoxy) is 1. The Labute approximate surface area is 171 Å². The van der Waals surface area contributed by atoms with Crippen molar-refractivity contribution >= 4 is 23.6 Å². The minimum absolute atomic E-state index is 0.0406. The topological polar surface area (TPSA) is 58.6 Å². The number of amides is 2. The van der Waals surface area contributed by atoms with Gasteiger partial charge < -0.3 is 15.0 Å². The maximum Gasteiger partial charge on any atom is 0.242 e. The van der Waals surface area contributed by atoms with Crippen LogP contribution in [0.1, 0.15) is 25.0 Å². The van der Waals surface area contributed by atoms with Gasteiger partial charge in [0.1, 0.15) is 11.8 Å². The quantitative estimate of drug-likeness (QED) is 0.663. The fraction of sp³-hybridized carbons (Fsp3) is 0.364. The van der Waals surface area contributed by atoms with Gasteiger partial charge in [-0.1, -0.05) is 42.5 Å². The first-order chi connectivity index (χ1) is 13.5. The summed E-state index contributed by atoms with van der Waals surface area (Å²) in [6.07, 6.45) is 0. The number of methoxy groups -OCH3 is 1. The van der Waals surface area contributed by atoms with E-state index in [1.54, 1.807) is 30.7 Å². The molecule has 0 aliphatic heterocycles. The molecule has 2 rings (SSSR count). The fourth-order valence-corrected chi connectivity index (χ4v) is 3.62. The van der Waals surface area contributed by atoms with Gasteiger partial charge in [-0.15, -0.1) is 11.8 Å². The second-order valence-electron chi connectivity index (χ2n) is 6.42. The van der Waals surface area contributed by atoms with Crippen LogP contribution in [-0.2, 0) is 21.9 Å².